The van der Waals surface area contributed by atoms with Gasteiger partial charge in [0.1, 0.15) is 0 Å². The Hall–Kier alpha value is -1.70. The number of hydrogen-bond acceptors (Lipinski definition) is 2. The molecule has 58 valence electrons. The van der Waals surface area contributed by atoms with Gasteiger partial charge in [0.15, 0.2) is 5.82 Å². The van der Waals surface area contributed by atoms with Gasteiger partial charge in [-0.15, -0.1) is 0 Å². The van der Waals surface area contributed by atoms with Crippen molar-refractivity contribution in [1.82, 2.24) is 9.97 Å². The number of benzene rings is 1. The molecule has 0 N–H and O–H groups in total. The van der Waals surface area contributed by atoms with Gasteiger partial charge in [0.25, 0.3) is 0 Å². The van der Waals surface area contributed by atoms with E-state index in [0.717, 1.165) is 11.4 Å². The van der Waals surface area contributed by atoms with Crippen LogP contribution in [-0.4, -0.2) is 9.97 Å². The van der Waals surface area contributed by atoms with Crippen molar-refractivity contribution in [2.75, 3.05) is 0 Å². The molecule has 1 aromatic heterocycles. The first kappa shape index (κ1) is 6.98. The fourth-order valence-corrected chi connectivity index (χ4v) is 1.04. The molecule has 12 heavy (non-hydrogen) atoms. The van der Waals surface area contributed by atoms with Gasteiger partial charge in [-0.3, -0.25) is 0 Å². The third-order valence-electron chi connectivity index (χ3n) is 1.60. The van der Waals surface area contributed by atoms with Crippen LogP contribution in [-0.2, 0) is 0 Å². The zero-order valence-corrected chi connectivity index (χ0v) is 6.51. The topological polar surface area (TPSA) is 25.8 Å². The van der Waals surface area contributed by atoms with Crippen molar-refractivity contribution < 1.29 is 0 Å². The molecule has 0 atom stereocenters. The van der Waals surface area contributed by atoms with E-state index in [2.05, 4.69) is 9.97 Å². The van der Waals surface area contributed by atoms with Crippen molar-refractivity contribution in [2.45, 2.75) is 0 Å². The Balaban J connectivity index is 2.46. The molecule has 0 aliphatic rings. The van der Waals surface area contributed by atoms with Gasteiger partial charge in [0.2, 0.25) is 0 Å². The first-order chi connectivity index (χ1) is 5.97. The summed E-state index contributed by atoms with van der Waals surface area (Å²) in [6.07, 6.45) is 3.49. The number of hydrogen-bond donors (Lipinski definition) is 0. The van der Waals surface area contributed by atoms with Crippen LogP contribution in [0.5, 0.6) is 0 Å². The summed E-state index contributed by atoms with van der Waals surface area (Å²) in [5, 5.41) is 0. The highest BCUT2D eigenvalue weighted by Gasteiger charge is 1.95. The highest BCUT2D eigenvalue weighted by molar-refractivity contribution is 5.53. The van der Waals surface area contributed by atoms with E-state index in [-0.39, 0.29) is 0 Å². The molecule has 0 fully saturated rings. The fourth-order valence-electron chi connectivity index (χ4n) is 1.04. The molecule has 0 bridgehead atoms. The summed E-state index contributed by atoms with van der Waals surface area (Å²) in [5.41, 5.74) is 1.05. The van der Waals surface area contributed by atoms with Crippen LogP contribution in [0.4, 0.5) is 0 Å². The van der Waals surface area contributed by atoms with Gasteiger partial charge >= 0.3 is 0 Å². The molecule has 1 heterocycles. The molecule has 0 amide bonds. The number of nitrogens with zero attached hydrogens (tertiary/aromatic N) is 2. The highest BCUT2D eigenvalue weighted by atomic mass is 14.8. The standard InChI is InChI=1S/C10H8N2/c1-2-5-9(6-3-1)10-11-7-4-8-12-10/h1-8H. The Labute approximate surface area is 70.9 Å². The Kier molecular flexibility index (Phi) is 1.82. The quantitative estimate of drug-likeness (QED) is 0.632. The van der Waals surface area contributed by atoms with Gasteiger partial charge in [0, 0.05) is 18.0 Å². The van der Waals surface area contributed by atoms with E-state index >= 15 is 0 Å². The predicted octanol–water partition coefficient (Wildman–Crippen LogP) is 2.14. The molecule has 0 unspecified atom stereocenters. The third kappa shape index (κ3) is 1.32. The van der Waals surface area contributed by atoms with Crippen LogP contribution in [0, 0.1) is 0 Å². The molecule has 2 rings (SSSR count). The third-order valence-corrected chi connectivity index (χ3v) is 1.60. The SMILES string of the molecule is c1ccc(-c2ncccn2)cc1. The molecule has 0 spiro atoms. The average molecular weight is 156 g/mol. The minimum absolute atomic E-state index is 0.776. The Morgan fingerprint density at radius 2 is 1.42 bits per heavy atom. The lowest BCUT2D eigenvalue weighted by Gasteiger charge is -1.96. The maximum absolute atomic E-state index is 4.14. The summed E-state index contributed by atoms with van der Waals surface area (Å²) >= 11 is 0. The van der Waals surface area contributed by atoms with E-state index in [1.807, 2.05) is 36.4 Å². The van der Waals surface area contributed by atoms with Crippen LogP contribution in [0.25, 0.3) is 11.4 Å². The summed E-state index contributed by atoms with van der Waals surface area (Å²) in [7, 11) is 0. The molecule has 0 radical (unpaired) electrons. The van der Waals surface area contributed by atoms with E-state index in [9.17, 15) is 0 Å². The maximum atomic E-state index is 4.14. The smallest absolute Gasteiger partial charge is 0.159 e. The van der Waals surface area contributed by atoms with E-state index in [4.69, 9.17) is 0 Å². The van der Waals surface area contributed by atoms with Crippen LogP contribution in [0.3, 0.4) is 0 Å². The zero-order chi connectivity index (χ0) is 8.23. The molecule has 0 saturated heterocycles. The Morgan fingerprint density at radius 3 is 2.08 bits per heavy atom. The molecule has 0 aliphatic carbocycles. The van der Waals surface area contributed by atoms with Crippen molar-refractivity contribution >= 4 is 0 Å². The van der Waals surface area contributed by atoms with Gasteiger partial charge in [-0.25, -0.2) is 9.97 Å². The van der Waals surface area contributed by atoms with E-state index in [1.165, 1.54) is 0 Å². The van der Waals surface area contributed by atoms with E-state index in [0.29, 0.717) is 0 Å². The molecule has 2 aromatic rings. The predicted molar refractivity (Wildman–Crippen MR) is 47.5 cm³/mol. The number of rotatable bonds is 1. The van der Waals surface area contributed by atoms with Crippen LogP contribution in [0.2, 0.25) is 0 Å². The molecule has 1 aromatic carbocycles. The van der Waals surface area contributed by atoms with E-state index < -0.39 is 0 Å². The average Bonchev–Trinajstić information content (AvgIpc) is 2.21. The summed E-state index contributed by atoms with van der Waals surface area (Å²) < 4.78 is 0. The molecule has 0 saturated carbocycles. The first-order valence-electron chi connectivity index (χ1n) is 3.79. The lowest BCUT2D eigenvalue weighted by Crippen LogP contribution is -1.84. The van der Waals surface area contributed by atoms with Crippen molar-refractivity contribution in [1.29, 1.82) is 0 Å². The second-order valence-corrected chi connectivity index (χ2v) is 2.44. The largest absolute Gasteiger partial charge is 0.237 e. The minimum Gasteiger partial charge on any atom is -0.237 e. The van der Waals surface area contributed by atoms with Crippen molar-refractivity contribution in [3.05, 3.63) is 48.8 Å². The second kappa shape index (κ2) is 3.13. The van der Waals surface area contributed by atoms with Gasteiger partial charge in [0.05, 0.1) is 0 Å². The molecule has 2 nitrogen and oxygen atoms in total. The number of aromatic nitrogens is 2. The lowest BCUT2D eigenvalue weighted by molar-refractivity contribution is 1.18. The van der Waals surface area contributed by atoms with Crippen molar-refractivity contribution in [2.24, 2.45) is 0 Å². The van der Waals surface area contributed by atoms with Crippen LogP contribution >= 0.6 is 0 Å². The first-order valence-corrected chi connectivity index (χ1v) is 3.79. The Morgan fingerprint density at radius 1 is 0.750 bits per heavy atom. The lowest BCUT2D eigenvalue weighted by atomic mass is 10.2. The Bertz CT molecular complexity index is 305. The van der Waals surface area contributed by atoms with Gasteiger partial charge in [-0.2, -0.15) is 0 Å². The molecule has 0 aliphatic heterocycles. The van der Waals surface area contributed by atoms with Gasteiger partial charge in [-0.1, -0.05) is 30.3 Å². The van der Waals surface area contributed by atoms with Crippen molar-refractivity contribution in [3.63, 3.8) is 0 Å². The fraction of sp³-hybridized carbons (Fsp3) is 0. The van der Waals surface area contributed by atoms with E-state index in [1.54, 1.807) is 12.4 Å². The van der Waals surface area contributed by atoms with Crippen LogP contribution < -0.4 is 0 Å². The highest BCUT2D eigenvalue weighted by Crippen LogP contribution is 2.11. The zero-order valence-electron chi connectivity index (χ0n) is 6.51. The molecular formula is C10H8N2. The van der Waals surface area contributed by atoms with Crippen LogP contribution in [0.15, 0.2) is 48.8 Å². The van der Waals surface area contributed by atoms with Gasteiger partial charge in [-0.05, 0) is 6.07 Å². The molecule has 2 heteroatoms. The molecular weight excluding hydrogens is 148 g/mol. The minimum atomic E-state index is 0.776. The summed E-state index contributed by atoms with van der Waals surface area (Å²) in [6.45, 7) is 0. The summed E-state index contributed by atoms with van der Waals surface area (Å²) in [6, 6.07) is 11.7. The summed E-state index contributed by atoms with van der Waals surface area (Å²) in [5.74, 6) is 0.776. The summed E-state index contributed by atoms with van der Waals surface area (Å²) in [4.78, 5) is 8.28. The second-order valence-electron chi connectivity index (χ2n) is 2.44. The van der Waals surface area contributed by atoms with Crippen LogP contribution in [0.1, 0.15) is 0 Å². The van der Waals surface area contributed by atoms with Crippen molar-refractivity contribution in [3.8, 4) is 11.4 Å². The maximum Gasteiger partial charge on any atom is 0.159 e. The normalized spacial score (nSPS) is 9.67. The van der Waals surface area contributed by atoms with Gasteiger partial charge < -0.3 is 0 Å². The monoisotopic (exact) mass is 156 g/mol.